The van der Waals surface area contributed by atoms with Gasteiger partial charge in [0.05, 0.1) is 25.9 Å². The van der Waals surface area contributed by atoms with E-state index in [1.807, 2.05) is 69.3 Å². The lowest BCUT2D eigenvalue weighted by Gasteiger charge is -2.30. The van der Waals surface area contributed by atoms with E-state index in [0.717, 1.165) is 22.3 Å². The van der Waals surface area contributed by atoms with Crippen LogP contribution in [0.5, 0.6) is 0 Å². The van der Waals surface area contributed by atoms with Crippen LogP contribution in [0.1, 0.15) is 61.8 Å². The van der Waals surface area contributed by atoms with E-state index in [4.69, 9.17) is 19.0 Å². The van der Waals surface area contributed by atoms with Gasteiger partial charge >= 0.3 is 12.2 Å². The fourth-order valence-corrected chi connectivity index (χ4v) is 6.66. The van der Waals surface area contributed by atoms with Crippen LogP contribution in [0.25, 0.3) is 22.3 Å². The minimum absolute atomic E-state index is 0.0624. The Hall–Kier alpha value is -5.23. The smallest absolute Gasteiger partial charge is 0.431 e. The number of nitrogens with one attached hydrogen (secondary N) is 3. The number of hydrogen-bond donors (Lipinski definition) is 3. The molecule has 6 rings (SSSR count). The number of rotatable bonds is 10. The largest absolute Gasteiger partial charge is 0.449 e. The SMILES string of the molecule is CONC(=O)OCC1c2ccccc2-c2ccccc21.CONC(=O)[C@H](NC(=O)OCC1c2ccccc2-c2ccccc21)[C@@H](C)OC(C)(C)C. The lowest BCUT2D eigenvalue weighted by molar-refractivity contribution is -0.141. The van der Waals surface area contributed by atoms with E-state index in [1.54, 1.807) is 6.92 Å². The Bertz CT molecular complexity index is 1750. The van der Waals surface area contributed by atoms with Gasteiger partial charge in [0.2, 0.25) is 0 Å². The second-order valence-corrected chi connectivity index (χ2v) is 13.2. The van der Waals surface area contributed by atoms with Crippen LogP contribution < -0.4 is 16.3 Å². The Kier molecular flexibility index (Phi) is 12.1. The number of carbonyl (C=O) groups excluding carboxylic acids is 3. The summed E-state index contributed by atoms with van der Waals surface area (Å²) in [6, 6.07) is 31.7. The van der Waals surface area contributed by atoms with Crippen LogP contribution in [-0.2, 0) is 28.7 Å². The zero-order chi connectivity index (χ0) is 36.5. The molecule has 3 amide bonds. The Morgan fingerprint density at radius 3 is 1.35 bits per heavy atom. The Morgan fingerprint density at radius 2 is 0.980 bits per heavy atom. The fourth-order valence-electron chi connectivity index (χ4n) is 6.66. The standard InChI is InChI=1S/C24H30N2O5.C16H15NO3/c1-15(31-24(2,3)4)21(22(27)26-29-5)25-23(28)30-14-20-18-12-8-6-10-16(18)17-11-7-9-13-19(17)20;1-19-17-16(18)20-10-15-13-8-4-2-6-11(13)12-7-3-5-9-14(12)15/h6-13,15,20-21H,14H2,1-5H3,(H,25,28)(H,26,27);2-9,15H,10H2,1H3,(H,17,18)/t15-,21-;/m1./s1. The molecule has 11 heteroatoms. The Balaban J connectivity index is 0.000000216. The van der Waals surface area contributed by atoms with Crippen LogP contribution in [0.3, 0.4) is 0 Å². The predicted octanol–water partition coefficient (Wildman–Crippen LogP) is 6.86. The number of carbonyl (C=O) groups is 3. The summed E-state index contributed by atoms with van der Waals surface area (Å²) in [5.41, 5.74) is 13.3. The van der Waals surface area contributed by atoms with E-state index >= 15 is 0 Å². The number of amides is 3. The normalized spacial score (nSPS) is 14.0. The van der Waals surface area contributed by atoms with E-state index in [9.17, 15) is 14.4 Å². The molecule has 0 radical (unpaired) electrons. The van der Waals surface area contributed by atoms with Crippen LogP contribution in [0.2, 0.25) is 0 Å². The van der Waals surface area contributed by atoms with E-state index < -0.39 is 35.8 Å². The quantitative estimate of drug-likeness (QED) is 0.153. The lowest BCUT2D eigenvalue weighted by Crippen LogP contribution is -2.54. The minimum Gasteiger partial charge on any atom is -0.449 e. The molecule has 2 atom stereocenters. The van der Waals surface area contributed by atoms with Gasteiger partial charge in [-0.05, 0) is 72.2 Å². The van der Waals surface area contributed by atoms with Crippen molar-refractivity contribution in [1.82, 2.24) is 16.3 Å². The van der Waals surface area contributed by atoms with E-state index in [2.05, 4.69) is 69.6 Å². The van der Waals surface area contributed by atoms with E-state index in [1.165, 1.54) is 36.5 Å². The molecule has 0 aliphatic heterocycles. The van der Waals surface area contributed by atoms with Gasteiger partial charge in [-0.1, -0.05) is 97.1 Å². The summed E-state index contributed by atoms with van der Waals surface area (Å²) in [5.74, 6) is -0.509. The highest BCUT2D eigenvalue weighted by Crippen LogP contribution is 2.45. The summed E-state index contributed by atoms with van der Waals surface area (Å²) in [6.07, 6.45) is -1.87. The summed E-state index contributed by atoms with van der Waals surface area (Å²) in [6.45, 7) is 7.80. The van der Waals surface area contributed by atoms with Crippen molar-refractivity contribution in [1.29, 1.82) is 0 Å². The molecule has 0 bridgehead atoms. The van der Waals surface area contributed by atoms with E-state index in [-0.39, 0.29) is 18.4 Å². The third-order valence-electron chi connectivity index (χ3n) is 8.64. The molecule has 0 saturated carbocycles. The van der Waals surface area contributed by atoms with Crippen LogP contribution in [0.4, 0.5) is 9.59 Å². The van der Waals surface area contributed by atoms with Crippen LogP contribution in [0, 0.1) is 0 Å². The second-order valence-electron chi connectivity index (χ2n) is 13.2. The lowest BCUT2D eigenvalue weighted by atomic mass is 9.98. The van der Waals surface area contributed by atoms with Gasteiger partial charge in [0.25, 0.3) is 5.91 Å². The highest BCUT2D eigenvalue weighted by atomic mass is 16.7. The monoisotopic (exact) mass is 695 g/mol. The molecular weight excluding hydrogens is 650 g/mol. The van der Waals surface area contributed by atoms with Crippen LogP contribution >= 0.6 is 0 Å². The molecule has 0 heterocycles. The van der Waals surface area contributed by atoms with Crippen molar-refractivity contribution in [2.75, 3.05) is 27.4 Å². The summed E-state index contributed by atoms with van der Waals surface area (Å²) in [5, 5.41) is 2.62. The third kappa shape index (κ3) is 8.93. The average molecular weight is 696 g/mol. The van der Waals surface area contributed by atoms with Crippen molar-refractivity contribution in [3.05, 3.63) is 119 Å². The topological polar surface area (TPSA) is 133 Å². The molecule has 0 aromatic heterocycles. The summed E-state index contributed by atoms with van der Waals surface area (Å²) in [7, 11) is 2.71. The van der Waals surface area contributed by atoms with Gasteiger partial charge < -0.3 is 19.5 Å². The molecule has 3 N–H and O–H groups in total. The molecule has 0 fully saturated rings. The number of alkyl carbamates (subject to hydrolysis) is 1. The number of ether oxygens (including phenoxy) is 3. The van der Waals surface area contributed by atoms with Crippen molar-refractivity contribution in [2.45, 2.75) is 57.3 Å². The van der Waals surface area contributed by atoms with Gasteiger partial charge in [-0.15, -0.1) is 0 Å². The number of benzene rings is 4. The fraction of sp³-hybridized carbons (Fsp3) is 0.325. The van der Waals surface area contributed by atoms with Crippen molar-refractivity contribution < 1.29 is 38.3 Å². The van der Waals surface area contributed by atoms with Gasteiger partial charge in [-0.3, -0.25) is 14.5 Å². The number of fused-ring (bicyclic) bond motifs is 6. The van der Waals surface area contributed by atoms with Gasteiger partial charge in [-0.2, -0.15) is 5.48 Å². The first-order valence-corrected chi connectivity index (χ1v) is 16.8. The molecule has 4 aromatic rings. The molecule has 0 unspecified atom stereocenters. The van der Waals surface area contributed by atoms with Gasteiger partial charge in [0.1, 0.15) is 19.3 Å². The average Bonchev–Trinajstić information content (AvgIpc) is 3.61. The zero-order valence-electron chi connectivity index (χ0n) is 29.7. The molecular formula is C40H45N3O8. The van der Waals surface area contributed by atoms with Crippen molar-refractivity contribution in [2.24, 2.45) is 0 Å². The second kappa shape index (κ2) is 16.7. The van der Waals surface area contributed by atoms with Crippen molar-refractivity contribution in [3.63, 3.8) is 0 Å². The molecule has 4 aromatic carbocycles. The Morgan fingerprint density at radius 1 is 0.608 bits per heavy atom. The first-order chi connectivity index (χ1) is 24.5. The summed E-state index contributed by atoms with van der Waals surface area (Å²) >= 11 is 0. The molecule has 268 valence electrons. The molecule has 0 spiro atoms. The summed E-state index contributed by atoms with van der Waals surface area (Å²) in [4.78, 5) is 45.6. The highest BCUT2D eigenvalue weighted by Gasteiger charge is 2.33. The summed E-state index contributed by atoms with van der Waals surface area (Å²) < 4.78 is 16.6. The van der Waals surface area contributed by atoms with Gasteiger partial charge in [0.15, 0.2) is 0 Å². The van der Waals surface area contributed by atoms with Crippen molar-refractivity contribution in [3.8, 4) is 22.3 Å². The maximum Gasteiger partial charge on any atom is 0.431 e. The zero-order valence-corrected chi connectivity index (χ0v) is 29.7. The van der Waals surface area contributed by atoms with Crippen LogP contribution in [0.15, 0.2) is 97.1 Å². The van der Waals surface area contributed by atoms with Crippen molar-refractivity contribution >= 4 is 18.1 Å². The third-order valence-corrected chi connectivity index (χ3v) is 8.64. The molecule has 51 heavy (non-hydrogen) atoms. The first-order valence-electron chi connectivity index (χ1n) is 16.8. The molecule has 11 nitrogen and oxygen atoms in total. The number of hydroxylamine groups is 2. The Labute approximate surface area is 298 Å². The van der Waals surface area contributed by atoms with E-state index in [0.29, 0.717) is 6.61 Å². The maximum atomic E-state index is 12.6. The first kappa shape index (κ1) is 37.0. The van der Waals surface area contributed by atoms with Gasteiger partial charge in [-0.25, -0.2) is 15.1 Å². The maximum absolute atomic E-state index is 12.6. The number of hydrogen-bond acceptors (Lipinski definition) is 8. The van der Waals surface area contributed by atoms with Gasteiger partial charge in [0, 0.05) is 11.8 Å². The molecule has 2 aliphatic carbocycles. The molecule has 0 saturated heterocycles. The van der Waals surface area contributed by atoms with Crippen LogP contribution in [-0.4, -0.2) is 63.3 Å². The predicted molar refractivity (Wildman–Crippen MR) is 193 cm³/mol. The molecule has 2 aliphatic rings. The minimum atomic E-state index is -0.977. The highest BCUT2D eigenvalue weighted by molar-refractivity contribution is 5.85.